The summed E-state index contributed by atoms with van der Waals surface area (Å²) in [4.78, 5) is 14.3. The first-order valence-corrected chi connectivity index (χ1v) is 8.26. The van der Waals surface area contributed by atoms with Gasteiger partial charge in [-0.3, -0.25) is 4.79 Å². The van der Waals surface area contributed by atoms with Gasteiger partial charge in [-0.05, 0) is 44.3 Å². The quantitative estimate of drug-likeness (QED) is 0.812. The summed E-state index contributed by atoms with van der Waals surface area (Å²) in [6.07, 6.45) is -0.0272. The molecule has 0 saturated heterocycles. The van der Waals surface area contributed by atoms with E-state index in [4.69, 9.17) is 0 Å². The Bertz CT molecular complexity index is 685. The van der Waals surface area contributed by atoms with Gasteiger partial charge >= 0.3 is 0 Å². The van der Waals surface area contributed by atoms with Gasteiger partial charge < -0.3 is 15.3 Å². The minimum absolute atomic E-state index is 0.0272. The molecule has 4 nitrogen and oxygen atoms in total. The lowest BCUT2D eigenvalue weighted by Crippen LogP contribution is -2.37. The Balaban J connectivity index is 1.98. The normalized spacial score (nSPS) is 14.8. The Morgan fingerprint density at radius 2 is 1.76 bits per heavy atom. The zero-order chi connectivity index (χ0) is 18.4. The zero-order valence-corrected chi connectivity index (χ0v) is 14.9. The third kappa shape index (κ3) is 5.37. The maximum Gasteiger partial charge on any atom is 0.223 e. The van der Waals surface area contributed by atoms with Crippen molar-refractivity contribution in [2.75, 3.05) is 20.6 Å². The minimum atomic E-state index is -1.23. The van der Waals surface area contributed by atoms with E-state index in [1.165, 1.54) is 12.1 Å². The smallest absolute Gasteiger partial charge is 0.223 e. The van der Waals surface area contributed by atoms with E-state index in [1.807, 2.05) is 37.2 Å². The van der Waals surface area contributed by atoms with Gasteiger partial charge in [0, 0.05) is 6.54 Å². The molecular formula is C20H25FN2O2. The molecule has 2 rings (SSSR count). The van der Waals surface area contributed by atoms with Crippen LogP contribution in [-0.2, 0) is 10.4 Å². The number of rotatable bonds is 7. The van der Waals surface area contributed by atoms with Crippen molar-refractivity contribution in [2.24, 2.45) is 0 Å². The first-order chi connectivity index (χ1) is 11.8. The van der Waals surface area contributed by atoms with E-state index in [0.29, 0.717) is 12.1 Å². The summed E-state index contributed by atoms with van der Waals surface area (Å²) in [5.41, 5.74) is 0.392. The van der Waals surface area contributed by atoms with E-state index in [2.05, 4.69) is 5.32 Å². The Morgan fingerprint density at radius 3 is 2.32 bits per heavy atom. The summed E-state index contributed by atoms with van der Waals surface area (Å²) >= 11 is 0. The summed E-state index contributed by atoms with van der Waals surface area (Å²) < 4.78 is 13.1. The standard InChI is InChI=1S/C20H25FN2O2/c1-20(25,16-7-5-4-6-8-16)13-19(24)22-14-18(23(2)3)15-9-11-17(21)12-10-15/h4-12,18,25H,13-14H2,1-3H3,(H,22,24). The van der Waals surface area contributed by atoms with Gasteiger partial charge in [-0.2, -0.15) is 0 Å². The van der Waals surface area contributed by atoms with E-state index in [1.54, 1.807) is 31.2 Å². The van der Waals surface area contributed by atoms with Crippen LogP contribution in [0.3, 0.4) is 0 Å². The second kappa shape index (κ2) is 8.23. The highest BCUT2D eigenvalue weighted by Crippen LogP contribution is 2.24. The fourth-order valence-electron chi connectivity index (χ4n) is 2.77. The van der Waals surface area contributed by atoms with Gasteiger partial charge in [0.2, 0.25) is 5.91 Å². The van der Waals surface area contributed by atoms with Crippen LogP contribution in [0.2, 0.25) is 0 Å². The van der Waals surface area contributed by atoms with Crippen LogP contribution < -0.4 is 5.32 Å². The van der Waals surface area contributed by atoms with Gasteiger partial charge in [-0.15, -0.1) is 0 Å². The largest absolute Gasteiger partial charge is 0.385 e. The lowest BCUT2D eigenvalue weighted by atomic mass is 9.92. The molecule has 25 heavy (non-hydrogen) atoms. The van der Waals surface area contributed by atoms with Crippen LogP contribution in [0, 0.1) is 5.82 Å². The van der Waals surface area contributed by atoms with Crippen molar-refractivity contribution in [1.29, 1.82) is 0 Å². The van der Waals surface area contributed by atoms with Crippen LogP contribution in [0.25, 0.3) is 0 Å². The number of aliphatic hydroxyl groups is 1. The molecule has 1 amide bonds. The van der Waals surface area contributed by atoms with Gasteiger partial charge in [0.1, 0.15) is 5.82 Å². The van der Waals surface area contributed by atoms with E-state index >= 15 is 0 Å². The number of carbonyl (C=O) groups is 1. The number of amides is 1. The lowest BCUT2D eigenvalue weighted by molar-refractivity contribution is -0.126. The number of hydrogen-bond acceptors (Lipinski definition) is 3. The van der Waals surface area contributed by atoms with Gasteiger partial charge in [0.15, 0.2) is 0 Å². The number of hydrogen-bond donors (Lipinski definition) is 2. The van der Waals surface area contributed by atoms with Gasteiger partial charge in [-0.25, -0.2) is 4.39 Å². The van der Waals surface area contributed by atoms with Crippen LogP contribution in [0.5, 0.6) is 0 Å². The predicted molar refractivity (Wildman–Crippen MR) is 96.5 cm³/mol. The van der Waals surface area contributed by atoms with Crippen molar-refractivity contribution in [3.8, 4) is 0 Å². The van der Waals surface area contributed by atoms with E-state index in [0.717, 1.165) is 5.56 Å². The third-order valence-corrected chi connectivity index (χ3v) is 4.27. The van der Waals surface area contributed by atoms with Gasteiger partial charge in [0.05, 0.1) is 18.1 Å². The molecule has 0 radical (unpaired) electrons. The van der Waals surface area contributed by atoms with Crippen molar-refractivity contribution in [3.05, 3.63) is 71.5 Å². The molecule has 0 aliphatic heterocycles. The summed E-state index contributed by atoms with van der Waals surface area (Å²) in [5.74, 6) is -0.521. The molecule has 0 bridgehead atoms. The molecule has 2 N–H and O–H groups in total. The maximum atomic E-state index is 13.1. The fraction of sp³-hybridized carbons (Fsp3) is 0.350. The number of nitrogens with zero attached hydrogens (tertiary/aromatic N) is 1. The second-order valence-electron chi connectivity index (χ2n) is 6.65. The van der Waals surface area contributed by atoms with Crippen molar-refractivity contribution in [2.45, 2.75) is 25.0 Å². The highest BCUT2D eigenvalue weighted by atomic mass is 19.1. The van der Waals surface area contributed by atoms with E-state index < -0.39 is 5.60 Å². The number of likely N-dealkylation sites (N-methyl/N-ethyl adjacent to an activating group) is 1. The highest BCUT2D eigenvalue weighted by molar-refractivity contribution is 5.77. The number of carbonyl (C=O) groups excluding carboxylic acids is 1. The summed E-state index contributed by atoms with van der Waals surface area (Å²) in [7, 11) is 3.81. The number of halogens is 1. The first-order valence-electron chi connectivity index (χ1n) is 8.26. The van der Waals surface area contributed by atoms with Crippen molar-refractivity contribution in [1.82, 2.24) is 10.2 Å². The number of nitrogens with one attached hydrogen (secondary N) is 1. The molecule has 0 saturated carbocycles. The topological polar surface area (TPSA) is 52.6 Å². The Labute approximate surface area is 148 Å². The van der Waals surface area contributed by atoms with Crippen LogP contribution in [-0.4, -0.2) is 36.6 Å². The van der Waals surface area contributed by atoms with Crippen molar-refractivity contribution < 1.29 is 14.3 Å². The Kier molecular flexibility index (Phi) is 6.28. The molecule has 0 aromatic heterocycles. The molecular weight excluding hydrogens is 319 g/mol. The Morgan fingerprint density at radius 1 is 1.16 bits per heavy atom. The molecule has 0 spiro atoms. The molecule has 134 valence electrons. The monoisotopic (exact) mass is 344 g/mol. The average Bonchev–Trinajstić information content (AvgIpc) is 2.57. The molecule has 2 aromatic rings. The SMILES string of the molecule is CN(C)C(CNC(=O)CC(C)(O)c1ccccc1)c1ccc(F)cc1. The van der Waals surface area contributed by atoms with Crippen LogP contribution in [0.1, 0.15) is 30.5 Å². The molecule has 0 heterocycles. The first kappa shape index (κ1) is 19.1. The highest BCUT2D eigenvalue weighted by Gasteiger charge is 2.27. The molecule has 5 heteroatoms. The Hall–Kier alpha value is -2.24. The molecule has 0 fully saturated rings. The summed E-state index contributed by atoms with van der Waals surface area (Å²) in [6, 6.07) is 15.3. The minimum Gasteiger partial charge on any atom is -0.385 e. The van der Waals surface area contributed by atoms with Crippen molar-refractivity contribution in [3.63, 3.8) is 0 Å². The third-order valence-electron chi connectivity index (χ3n) is 4.27. The van der Waals surface area contributed by atoms with Gasteiger partial charge in [-0.1, -0.05) is 42.5 Å². The molecule has 2 atom stereocenters. The number of benzene rings is 2. The summed E-state index contributed by atoms with van der Waals surface area (Å²) in [5, 5.41) is 13.4. The average molecular weight is 344 g/mol. The fourth-order valence-corrected chi connectivity index (χ4v) is 2.77. The van der Waals surface area contributed by atoms with Crippen LogP contribution >= 0.6 is 0 Å². The lowest BCUT2D eigenvalue weighted by Gasteiger charge is -2.27. The van der Waals surface area contributed by atoms with Crippen LogP contribution in [0.15, 0.2) is 54.6 Å². The summed E-state index contributed by atoms with van der Waals surface area (Å²) in [6.45, 7) is 2.01. The van der Waals surface area contributed by atoms with Crippen LogP contribution in [0.4, 0.5) is 4.39 Å². The van der Waals surface area contributed by atoms with Gasteiger partial charge in [0.25, 0.3) is 0 Å². The molecule has 2 unspecified atom stereocenters. The zero-order valence-electron chi connectivity index (χ0n) is 14.9. The maximum absolute atomic E-state index is 13.1. The second-order valence-corrected chi connectivity index (χ2v) is 6.65. The molecule has 0 aliphatic rings. The van der Waals surface area contributed by atoms with E-state index in [9.17, 15) is 14.3 Å². The predicted octanol–water partition coefficient (Wildman–Crippen LogP) is 2.84. The molecule has 2 aromatic carbocycles. The molecule has 0 aliphatic carbocycles. The van der Waals surface area contributed by atoms with E-state index in [-0.39, 0.29) is 24.2 Å². The van der Waals surface area contributed by atoms with Crippen molar-refractivity contribution >= 4 is 5.91 Å².